The lowest BCUT2D eigenvalue weighted by Crippen LogP contribution is -2.57. The Kier molecular flexibility index (Phi) is 12.0. The molecule has 0 saturated carbocycles. The summed E-state index contributed by atoms with van der Waals surface area (Å²) in [6.45, 7) is 9.03. The molecule has 7 N–H and O–H groups in total. The number of alkyl carbamates (subject to hydrolysis) is 1. The lowest BCUT2D eigenvalue weighted by atomic mass is 9.77. The standard InChI is InChI=1S/C41H48N8O10/c1-22(2)33(46-39(54)59-40(3,4)5)35(51)34(50)30-13-9-19-48(30)47-29(12-8-18-44-38(42)43)36(52)45-23-14-16-27-31(20-23)57-32-21-24(49(55)56)15-17-28(32)41(27)26-11-7-6-10-25(26)37(53)58-41/h6-7,10-11,14-17,20-22,29-30,33,47H,8-9,12-13,18-19H2,1-5H3,(H,45,52)(H,46,54)(H4,42,43,44)/t29?,30-,33-,41?/m0/s1. The summed E-state index contributed by atoms with van der Waals surface area (Å²) in [5.74, 6) is -2.86. The molecule has 3 heterocycles. The number of hydrogen-bond acceptors (Lipinski definition) is 13. The maximum Gasteiger partial charge on any atom is 0.408 e. The summed E-state index contributed by atoms with van der Waals surface area (Å²) in [6, 6.07) is 12.7. The number of benzene rings is 3. The zero-order valence-electron chi connectivity index (χ0n) is 33.4. The van der Waals surface area contributed by atoms with Crippen molar-refractivity contribution in [3.63, 3.8) is 0 Å². The van der Waals surface area contributed by atoms with Crippen molar-refractivity contribution in [2.24, 2.45) is 22.4 Å². The van der Waals surface area contributed by atoms with Crippen molar-refractivity contribution in [3.05, 3.63) is 93.0 Å². The average molecular weight is 813 g/mol. The third-order valence-corrected chi connectivity index (χ3v) is 10.2. The van der Waals surface area contributed by atoms with Crippen LogP contribution in [0, 0.1) is 16.0 Å². The van der Waals surface area contributed by atoms with Gasteiger partial charge in [-0.25, -0.2) is 20.0 Å². The molecule has 3 aliphatic heterocycles. The Morgan fingerprint density at radius 2 is 1.73 bits per heavy atom. The summed E-state index contributed by atoms with van der Waals surface area (Å²) in [6.07, 6.45) is 0.617. The van der Waals surface area contributed by atoms with E-state index in [1.165, 1.54) is 24.3 Å². The minimum atomic E-state index is -1.49. The van der Waals surface area contributed by atoms with Gasteiger partial charge in [0.2, 0.25) is 17.5 Å². The van der Waals surface area contributed by atoms with Crippen molar-refractivity contribution in [2.45, 2.75) is 89.6 Å². The number of hydrazine groups is 1. The number of aliphatic imine (C=N–C) groups is 1. The van der Waals surface area contributed by atoms with E-state index in [4.69, 9.17) is 25.7 Å². The van der Waals surface area contributed by atoms with Gasteiger partial charge in [0.15, 0.2) is 11.6 Å². The number of rotatable bonds is 14. The average Bonchev–Trinajstić information content (AvgIpc) is 3.75. The summed E-state index contributed by atoms with van der Waals surface area (Å²) in [5.41, 5.74) is 13.6. The topological polar surface area (TPSA) is 260 Å². The highest BCUT2D eigenvalue weighted by molar-refractivity contribution is 6.41. The summed E-state index contributed by atoms with van der Waals surface area (Å²) in [4.78, 5) is 82.6. The molecular weight excluding hydrogens is 764 g/mol. The zero-order valence-corrected chi connectivity index (χ0v) is 33.4. The number of nitro groups is 1. The Balaban J connectivity index is 1.26. The van der Waals surface area contributed by atoms with Crippen LogP contribution >= 0.6 is 0 Å². The number of non-ortho nitro benzene ring substituents is 1. The van der Waals surface area contributed by atoms with E-state index < -0.39 is 69.7 Å². The van der Waals surface area contributed by atoms with Gasteiger partial charge in [-0.05, 0) is 76.6 Å². The van der Waals surface area contributed by atoms with Gasteiger partial charge in [-0.1, -0.05) is 32.0 Å². The number of nitrogens with one attached hydrogen (secondary N) is 3. The summed E-state index contributed by atoms with van der Waals surface area (Å²) >= 11 is 0. The number of carbonyl (C=O) groups is 5. The lowest BCUT2D eigenvalue weighted by molar-refractivity contribution is -0.385. The van der Waals surface area contributed by atoms with Crippen LogP contribution in [-0.4, -0.2) is 82.2 Å². The van der Waals surface area contributed by atoms with Crippen LogP contribution in [0.4, 0.5) is 16.2 Å². The first kappa shape index (κ1) is 42.2. The summed E-state index contributed by atoms with van der Waals surface area (Å²) < 4.78 is 17.7. The van der Waals surface area contributed by atoms with Gasteiger partial charge >= 0.3 is 12.1 Å². The van der Waals surface area contributed by atoms with E-state index in [9.17, 15) is 34.1 Å². The maximum atomic E-state index is 14.1. The second kappa shape index (κ2) is 16.8. The van der Waals surface area contributed by atoms with Crippen molar-refractivity contribution in [1.82, 2.24) is 15.8 Å². The van der Waals surface area contributed by atoms with Gasteiger partial charge in [-0.3, -0.25) is 29.5 Å². The Morgan fingerprint density at radius 3 is 2.41 bits per heavy atom. The second-order valence-electron chi connectivity index (χ2n) is 15.9. The fourth-order valence-corrected chi connectivity index (χ4v) is 7.52. The van der Waals surface area contributed by atoms with Crippen molar-refractivity contribution in [3.8, 4) is 11.5 Å². The molecular formula is C41H48N8O10. The zero-order chi connectivity index (χ0) is 42.8. The number of carbonyl (C=O) groups excluding carboxylic acids is 5. The molecule has 4 atom stereocenters. The van der Waals surface area contributed by atoms with Crippen LogP contribution in [0.25, 0.3) is 0 Å². The molecule has 18 nitrogen and oxygen atoms in total. The Labute approximate surface area is 340 Å². The molecule has 6 rings (SSSR count). The number of nitrogens with two attached hydrogens (primary N) is 2. The minimum absolute atomic E-state index is 0.0965. The second-order valence-corrected chi connectivity index (χ2v) is 15.9. The maximum absolute atomic E-state index is 14.1. The number of anilines is 1. The minimum Gasteiger partial charge on any atom is -0.456 e. The van der Waals surface area contributed by atoms with E-state index in [0.29, 0.717) is 48.1 Å². The van der Waals surface area contributed by atoms with Gasteiger partial charge < -0.3 is 36.3 Å². The van der Waals surface area contributed by atoms with Crippen molar-refractivity contribution in [1.29, 1.82) is 0 Å². The Bertz CT molecular complexity index is 2220. The highest BCUT2D eigenvalue weighted by atomic mass is 16.6. The number of nitrogens with zero attached hydrogens (tertiary/aromatic N) is 3. The van der Waals surface area contributed by atoms with Crippen LogP contribution < -0.4 is 32.3 Å². The largest absolute Gasteiger partial charge is 0.456 e. The number of hydrogen-bond donors (Lipinski definition) is 5. The van der Waals surface area contributed by atoms with E-state index in [2.05, 4.69) is 21.1 Å². The number of amides is 2. The first-order valence-electron chi connectivity index (χ1n) is 19.3. The predicted octanol–water partition coefficient (Wildman–Crippen LogP) is 4.18. The highest BCUT2D eigenvalue weighted by Gasteiger charge is 2.54. The molecule has 0 radical (unpaired) electrons. The first-order valence-corrected chi connectivity index (χ1v) is 19.3. The number of ether oxygens (including phenoxy) is 3. The molecule has 2 amide bonds. The number of esters is 1. The van der Waals surface area contributed by atoms with Gasteiger partial charge in [-0.2, -0.15) is 0 Å². The molecule has 59 heavy (non-hydrogen) atoms. The molecule has 312 valence electrons. The van der Waals surface area contributed by atoms with Crippen LogP contribution in [0.15, 0.2) is 65.7 Å². The van der Waals surface area contributed by atoms with Crippen LogP contribution in [0.1, 0.15) is 87.4 Å². The van der Waals surface area contributed by atoms with Crippen LogP contribution in [0.5, 0.6) is 11.5 Å². The fourth-order valence-electron chi connectivity index (χ4n) is 7.52. The number of ketones is 2. The van der Waals surface area contributed by atoms with E-state index in [1.807, 2.05) is 0 Å². The van der Waals surface area contributed by atoms with Gasteiger partial charge in [-0.15, -0.1) is 0 Å². The van der Waals surface area contributed by atoms with Crippen molar-refractivity contribution < 1.29 is 43.1 Å². The molecule has 3 aromatic carbocycles. The molecule has 2 unspecified atom stereocenters. The summed E-state index contributed by atoms with van der Waals surface area (Å²) in [7, 11) is 0. The number of fused-ring (bicyclic) bond motifs is 6. The van der Waals surface area contributed by atoms with E-state index >= 15 is 0 Å². The molecule has 0 aromatic heterocycles. The van der Waals surface area contributed by atoms with Crippen LogP contribution in [0.2, 0.25) is 0 Å². The lowest BCUT2D eigenvalue weighted by Gasteiger charge is -2.36. The molecule has 3 aliphatic rings. The molecule has 18 heteroatoms. The molecule has 0 bridgehead atoms. The van der Waals surface area contributed by atoms with Crippen molar-refractivity contribution >= 4 is 46.9 Å². The SMILES string of the molecule is CC(C)[C@H](NC(=O)OC(C)(C)C)C(=O)C(=O)[C@@H]1CCCN1NC(CCCN=C(N)N)C(=O)Nc1ccc2c(c1)Oc1cc([N+](=O)[O-])ccc1C21OC(=O)c2ccccc21. The molecule has 0 aliphatic carbocycles. The normalized spacial score (nSPS) is 19.0. The third-order valence-electron chi connectivity index (χ3n) is 10.2. The molecule has 3 aromatic rings. The Hall–Kier alpha value is -6.40. The van der Waals surface area contributed by atoms with Crippen LogP contribution in [0.3, 0.4) is 0 Å². The van der Waals surface area contributed by atoms with Gasteiger partial charge in [0, 0.05) is 47.6 Å². The van der Waals surface area contributed by atoms with Crippen LogP contribution in [-0.2, 0) is 29.5 Å². The first-order chi connectivity index (χ1) is 27.9. The number of nitro benzene ring substituents is 1. The van der Waals surface area contributed by atoms with E-state index in [-0.39, 0.29) is 41.8 Å². The summed E-state index contributed by atoms with van der Waals surface area (Å²) in [5, 5.41) is 18.8. The third kappa shape index (κ3) is 8.87. The number of Topliss-reactive ketones (excluding diaryl/α,β-unsaturated/α-hetero) is 2. The van der Waals surface area contributed by atoms with Gasteiger partial charge in [0.05, 0.1) is 22.6 Å². The van der Waals surface area contributed by atoms with Gasteiger partial charge in [0.1, 0.15) is 29.2 Å². The molecule has 1 spiro atoms. The smallest absolute Gasteiger partial charge is 0.408 e. The monoisotopic (exact) mass is 812 g/mol. The quantitative estimate of drug-likeness (QED) is 0.0291. The Morgan fingerprint density at radius 1 is 1.03 bits per heavy atom. The van der Waals surface area contributed by atoms with E-state index in [0.717, 1.165) is 0 Å². The molecule has 1 saturated heterocycles. The molecule has 1 fully saturated rings. The fraction of sp³-hybridized carbons (Fsp3) is 0.415. The van der Waals surface area contributed by atoms with E-state index in [1.54, 1.807) is 76.0 Å². The highest BCUT2D eigenvalue weighted by Crippen LogP contribution is 2.56. The predicted molar refractivity (Wildman–Crippen MR) is 215 cm³/mol. The van der Waals surface area contributed by atoms with Crippen molar-refractivity contribution in [2.75, 3.05) is 18.4 Å². The van der Waals surface area contributed by atoms with Gasteiger partial charge in [0.25, 0.3) is 5.69 Å². The number of guanidine groups is 1.